The predicted molar refractivity (Wildman–Crippen MR) is 104 cm³/mol. The average molecular weight is 361 g/mol. The molecule has 1 aliphatic carbocycles. The smallest absolute Gasteiger partial charge is 0.227 e. The number of carbonyl (C=O) groups is 2. The van der Waals surface area contributed by atoms with Crippen molar-refractivity contribution in [1.29, 1.82) is 5.26 Å². The zero-order valence-corrected chi connectivity index (χ0v) is 15.2. The summed E-state index contributed by atoms with van der Waals surface area (Å²) in [6.45, 7) is 0.537. The third kappa shape index (κ3) is 5.18. The van der Waals surface area contributed by atoms with Gasteiger partial charge in [-0.05, 0) is 49.4 Å². The number of nitrogens with one attached hydrogen (secondary N) is 2. The lowest BCUT2D eigenvalue weighted by atomic mass is 9.81. The molecule has 0 spiro atoms. The fourth-order valence-electron chi connectivity index (χ4n) is 3.46. The Morgan fingerprint density at radius 2 is 1.59 bits per heavy atom. The van der Waals surface area contributed by atoms with Gasteiger partial charge in [0.1, 0.15) is 0 Å². The lowest BCUT2D eigenvalue weighted by Crippen LogP contribution is -2.35. The summed E-state index contributed by atoms with van der Waals surface area (Å²) in [4.78, 5) is 24.8. The van der Waals surface area contributed by atoms with Gasteiger partial charge >= 0.3 is 0 Å². The minimum absolute atomic E-state index is 0.0281. The lowest BCUT2D eigenvalue weighted by Gasteiger charge is -2.27. The monoisotopic (exact) mass is 361 g/mol. The van der Waals surface area contributed by atoms with Crippen molar-refractivity contribution in [3.8, 4) is 6.07 Å². The molecule has 2 aromatic carbocycles. The molecule has 0 heterocycles. The molecule has 0 aliphatic heterocycles. The van der Waals surface area contributed by atoms with Crippen LogP contribution in [0.25, 0.3) is 0 Å². The molecule has 1 fully saturated rings. The molecule has 0 radical (unpaired) electrons. The number of carbonyl (C=O) groups excluding carboxylic acids is 2. The van der Waals surface area contributed by atoms with Crippen molar-refractivity contribution in [1.82, 2.24) is 5.32 Å². The van der Waals surface area contributed by atoms with Gasteiger partial charge in [-0.1, -0.05) is 36.4 Å². The Hall–Kier alpha value is -3.13. The van der Waals surface area contributed by atoms with Crippen molar-refractivity contribution < 1.29 is 9.59 Å². The Morgan fingerprint density at radius 1 is 0.926 bits per heavy atom. The van der Waals surface area contributed by atoms with E-state index in [-0.39, 0.29) is 23.7 Å². The van der Waals surface area contributed by atoms with Crippen LogP contribution in [0, 0.1) is 23.2 Å². The third-order valence-electron chi connectivity index (χ3n) is 5.04. The number of nitriles is 1. The standard InChI is InChI=1S/C22H23N3O2/c23-14-17-7-4-8-20(13-17)25-22(27)19-11-9-18(10-12-19)21(26)24-15-16-5-2-1-3-6-16/h1-8,13,18-19H,9-12,15H2,(H,24,26)(H,25,27). The quantitative estimate of drug-likeness (QED) is 0.853. The van der Waals surface area contributed by atoms with Crippen LogP contribution in [0.3, 0.4) is 0 Å². The Bertz CT molecular complexity index is 834. The number of anilines is 1. The molecule has 1 saturated carbocycles. The van der Waals surface area contributed by atoms with E-state index in [9.17, 15) is 9.59 Å². The molecule has 138 valence electrons. The minimum Gasteiger partial charge on any atom is -0.352 e. The van der Waals surface area contributed by atoms with Crippen LogP contribution in [0.5, 0.6) is 0 Å². The maximum absolute atomic E-state index is 12.5. The minimum atomic E-state index is -0.0890. The van der Waals surface area contributed by atoms with Crippen LogP contribution < -0.4 is 10.6 Å². The molecule has 27 heavy (non-hydrogen) atoms. The third-order valence-corrected chi connectivity index (χ3v) is 5.04. The maximum atomic E-state index is 12.5. The van der Waals surface area contributed by atoms with Crippen LogP contribution >= 0.6 is 0 Å². The van der Waals surface area contributed by atoms with Gasteiger partial charge in [-0.2, -0.15) is 5.26 Å². The maximum Gasteiger partial charge on any atom is 0.227 e. The van der Waals surface area contributed by atoms with E-state index in [0.717, 1.165) is 18.4 Å². The van der Waals surface area contributed by atoms with Gasteiger partial charge in [0, 0.05) is 24.1 Å². The van der Waals surface area contributed by atoms with Crippen molar-refractivity contribution in [2.24, 2.45) is 11.8 Å². The first-order chi connectivity index (χ1) is 13.2. The van der Waals surface area contributed by atoms with Crippen molar-refractivity contribution in [3.05, 3.63) is 65.7 Å². The zero-order chi connectivity index (χ0) is 19.1. The van der Waals surface area contributed by atoms with Crippen molar-refractivity contribution in [2.45, 2.75) is 32.2 Å². The molecule has 3 rings (SSSR count). The summed E-state index contributed by atoms with van der Waals surface area (Å²) < 4.78 is 0. The Morgan fingerprint density at radius 3 is 2.26 bits per heavy atom. The number of rotatable bonds is 5. The molecule has 0 atom stereocenters. The van der Waals surface area contributed by atoms with Crippen LogP contribution in [0.4, 0.5) is 5.69 Å². The summed E-state index contributed by atoms with van der Waals surface area (Å²) in [5.74, 6) is -0.0822. The van der Waals surface area contributed by atoms with Crippen LogP contribution in [0.2, 0.25) is 0 Å². The van der Waals surface area contributed by atoms with E-state index < -0.39 is 0 Å². The molecule has 2 N–H and O–H groups in total. The van der Waals surface area contributed by atoms with Crippen molar-refractivity contribution in [2.75, 3.05) is 5.32 Å². The zero-order valence-electron chi connectivity index (χ0n) is 15.2. The second-order valence-corrected chi connectivity index (χ2v) is 6.93. The molecule has 1 aliphatic rings. The van der Waals surface area contributed by atoms with Crippen LogP contribution in [-0.4, -0.2) is 11.8 Å². The SMILES string of the molecule is N#Cc1cccc(NC(=O)C2CCC(C(=O)NCc3ccccc3)CC2)c1. The molecular weight excluding hydrogens is 338 g/mol. The van der Waals surface area contributed by atoms with E-state index in [1.807, 2.05) is 30.3 Å². The van der Waals surface area contributed by atoms with Crippen molar-refractivity contribution >= 4 is 17.5 Å². The van der Waals surface area contributed by atoms with Gasteiger partial charge in [0.25, 0.3) is 0 Å². The van der Waals surface area contributed by atoms with Gasteiger partial charge in [0.15, 0.2) is 0 Å². The molecule has 2 aromatic rings. The normalized spacial score (nSPS) is 18.9. The predicted octanol–water partition coefficient (Wildman–Crippen LogP) is 3.62. The number of hydrogen-bond donors (Lipinski definition) is 2. The summed E-state index contributed by atoms with van der Waals surface area (Å²) in [6, 6.07) is 18.8. The summed E-state index contributed by atoms with van der Waals surface area (Å²) in [5.41, 5.74) is 2.24. The van der Waals surface area contributed by atoms with Gasteiger partial charge in [0.2, 0.25) is 11.8 Å². The summed E-state index contributed by atoms with van der Waals surface area (Å²) in [7, 11) is 0. The Balaban J connectivity index is 1.45. The fourth-order valence-corrected chi connectivity index (χ4v) is 3.46. The lowest BCUT2D eigenvalue weighted by molar-refractivity contribution is -0.128. The first-order valence-electron chi connectivity index (χ1n) is 9.28. The molecule has 0 bridgehead atoms. The van der Waals surface area contributed by atoms with Gasteiger partial charge in [-0.3, -0.25) is 9.59 Å². The summed E-state index contributed by atoms with van der Waals surface area (Å²) in [5, 5.41) is 14.8. The summed E-state index contributed by atoms with van der Waals surface area (Å²) >= 11 is 0. The van der Waals surface area contributed by atoms with Crippen LogP contribution in [0.15, 0.2) is 54.6 Å². The highest BCUT2D eigenvalue weighted by Crippen LogP contribution is 2.30. The number of benzene rings is 2. The van der Waals surface area contributed by atoms with Gasteiger partial charge in [0.05, 0.1) is 11.6 Å². The van der Waals surface area contributed by atoms with Crippen molar-refractivity contribution in [3.63, 3.8) is 0 Å². The molecule has 2 amide bonds. The van der Waals surface area contributed by atoms with Crippen LogP contribution in [0.1, 0.15) is 36.8 Å². The topological polar surface area (TPSA) is 82.0 Å². The molecule has 0 unspecified atom stereocenters. The highest BCUT2D eigenvalue weighted by Gasteiger charge is 2.29. The molecule has 5 heteroatoms. The molecule has 0 aromatic heterocycles. The second kappa shape index (κ2) is 9.00. The van der Waals surface area contributed by atoms with E-state index in [0.29, 0.717) is 30.6 Å². The fraction of sp³-hybridized carbons (Fsp3) is 0.318. The number of hydrogen-bond acceptors (Lipinski definition) is 3. The number of amides is 2. The van der Waals surface area contributed by atoms with E-state index in [1.165, 1.54) is 0 Å². The first-order valence-corrected chi connectivity index (χ1v) is 9.28. The highest BCUT2D eigenvalue weighted by molar-refractivity contribution is 5.93. The molecule has 5 nitrogen and oxygen atoms in total. The van der Waals surface area contributed by atoms with Gasteiger partial charge in [-0.25, -0.2) is 0 Å². The van der Waals surface area contributed by atoms with Gasteiger partial charge in [-0.15, -0.1) is 0 Å². The van der Waals surface area contributed by atoms with E-state index in [2.05, 4.69) is 16.7 Å². The van der Waals surface area contributed by atoms with Crippen LogP contribution in [-0.2, 0) is 16.1 Å². The van der Waals surface area contributed by atoms with Gasteiger partial charge < -0.3 is 10.6 Å². The Kier molecular flexibility index (Phi) is 6.22. The largest absolute Gasteiger partial charge is 0.352 e. The molecular formula is C22H23N3O2. The summed E-state index contributed by atoms with van der Waals surface area (Å²) in [6.07, 6.45) is 2.84. The Labute approximate surface area is 159 Å². The van der Waals surface area contributed by atoms with E-state index >= 15 is 0 Å². The first kappa shape index (κ1) is 18.7. The highest BCUT2D eigenvalue weighted by atomic mass is 16.2. The van der Waals surface area contributed by atoms with E-state index in [4.69, 9.17) is 5.26 Å². The second-order valence-electron chi connectivity index (χ2n) is 6.93. The molecule has 0 saturated heterocycles. The van der Waals surface area contributed by atoms with E-state index in [1.54, 1.807) is 24.3 Å². The average Bonchev–Trinajstić information content (AvgIpc) is 2.73. The number of nitrogens with zero attached hydrogens (tertiary/aromatic N) is 1.